The Balaban J connectivity index is 2.95. The highest BCUT2D eigenvalue weighted by molar-refractivity contribution is 7.85. The Morgan fingerprint density at radius 3 is 2.11 bits per heavy atom. The zero-order valence-corrected chi connectivity index (χ0v) is 11.0. The number of benzene rings is 1. The van der Waals surface area contributed by atoms with Gasteiger partial charge in [0.15, 0.2) is 5.88 Å². The maximum absolute atomic E-state index is 10.8. The molecule has 6 heteroatoms. The van der Waals surface area contributed by atoms with Crippen LogP contribution in [-0.2, 0) is 10.1 Å². The average molecular weight is 269 g/mol. The summed E-state index contributed by atoms with van der Waals surface area (Å²) < 4.78 is 30.5. The molecule has 0 heterocycles. The Hall–Kier alpha value is -1.79. The molecule has 1 rings (SSSR count). The smallest absolute Gasteiger partial charge is 0.294 e. The maximum atomic E-state index is 10.8. The Labute approximate surface area is 106 Å². The largest absolute Gasteiger partial charge is 0.494 e. The van der Waals surface area contributed by atoms with Gasteiger partial charge in [-0.3, -0.25) is 4.55 Å². The van der Waals surface area contributed by atoms with Gasteiger partial charge in [-0.1, -0.05) is 12.2 Å². The van der Waals surface area contributed by atoms with E-state index >= 15 is 0 Å². The van der Waals surface area contributed by atoms with Crippen molar-refractivity contribution in [1.82, 2.24) is 0 Å². The van der Waals surface area contributed by atoms with Gasteiger partial charge in [-0.15, -0.1) is 0 Å². The summed E-state index contributed by atoms with van der Waals surface area (Å²) in [5.41, 5.74) is 1.82. The van der Waals surface area contributed by atoms with Crippen molar-refractivity contribution in [3.05, 3.63) is 47.9 Å². The first-order valence-electron chi connectivity index (χ1n) is 5.12. The van der Waals surface area contributed by atoms with Crippen molar-refractivity contribution in [3.63, 3.8) is 0 Å². The summed E-state index contributed by atoms with van der Waals surface area (Å²) in [7, 11) is -4.19. The fourth-order valence-corrected chi connectivity index (χ4v) is 1.62. The van der Waals surface area contributed by atoms with Gasteiger partial charge in [-0.25, -0.2) is 0 Å². The van der Waals surface area contributed by atoms with Crippen molar-refractivity contribution in [3.8, 4) is 0 Å². The monoisotopic (exact) mass is 269 g/mol. The van der Waals surface area contributed by atoms with Crippen LogP contribution in [0.2, 0.25) is 0 Å². The summed E-state index contributed by atoms with van der Waals surface area (Å²) in [6.07, 6.45) is 0. The van der Waals surface area contributed by atoms with Crippen LogP contribution >= 0.6 is 0 Å². The molecule has 0 aliphatic heterocycles. The van der Waals surface area contributed by atoms with Crippen LogP contribution in [0.5, 0.6) is 0 Å². The van der Waals surface area contributed by atoms with E-state index in [-0.39, 0.29) is 10.8 Å². The predicted molar refractivity (Wildman–Crippen MR) is 70.0 cm³/mol. The third kappa shape index (κ3) is 3.61. The Morgan fingerprint density at radius 2 is 1.72 bits per heavy atom. The highest BCUT2D eigenvalue weighted by Crippen LogP contribution is 2.17. The normalized spacial score (nSPS) is 12.8. The number of anilines is 1. The van der Waals surface area contributed by atoms with Crippen molar-refractivity contribution < 1.29 is 18.1 Å². The highest BCUT2D eigenvalue weighted by atomic mass is 32.2. The molecule has 3 N–H and O–H groups in total. The lowest BCUT2D eigenvalue weighted by Gasteiger charge is -2.09. The van der Waals surface area contributed by atoms with Crippen LogP contribution < -0.4 is 5.32 Å². The molecule has 1 aromatic rings. The fraction of sp³-hybridized carbons (Fsp3) is 0.167. The summed E-state index contributed by atoms with van der Waals surface area (Å²) >= 11 is 0. The van der Waals surface area contributed by atoms with Gasteiger partial charge in [0.25, 0.3) is 10.1 Å². The number of hydrogen-bond acceptors (Lipinski definition) is 4. The molecule has 0 fully saturated rings. The zero-order chi connectivity index (χ0) is 13.9. The highest BCUT2D eigenvalue weighted by Gasteiger charge is 2.09. The summed E-state index contributed by atoms with van der Waals surface area (Å²) in [4.78, 5) is -0.201. The Kier molecular flexibility index (Phi) is 4.15. The number of nitrogens with one attached hydrogen (secondary N) is 1. The molecule has 0 spiro atoms. The molecule has 0 saturated heterocycles. The molecule has 0 radical (unpaired) electrons. The van der Waals surface area contributed by atoms with Gasteiger partial charge < -0.3 is 10.4 Å². The minimum atomic E-state index is -4.19. The quantitative estimate of drug-likeness (QED) is 0.444. The molecule has 98 valence electrons. The second kappa shape index (κ2) is 5.24. The Morgan fingerprint density at radius 1 is 1.22 bits per heavy atom. The van der Waals surface area contributed by atoms with Gasteiger partial charge in [0.05, 0.1) is 4.90 Å². The predicted octanol–water partition coefficient (Wildman–Crippen LogP) is 2.71. The molecule has 5 nitrogen and oxygen atoms in total. The van der Waals surface area contributed by atoms with E-state index in [1.54, 1.807) is 13.8 Å². The first kappa shape index (κ1) is 14.3. The average Bonchev–Trinajstić information content (AvgIpc) is 2.27. The van der Waals surface area contributed by atoms with Crippen molar-refractivity contribution >= 4 is 15.8 Å². The molecule has 0 saturated carbocycles. The summed E-state index contributed by atoms with van der Waals surface area (Å²) in [5, 5.41) is 12.4. The van der Waals surface area contributed by atoms with E-state index in [9.17, 15) is 13.5 Å². The first-order chi connectivity index (χ1) is 8.21. The number of aliphatic hydroxyl groups excluding tert-OH is 1. The standard InChI is InChI=1S/C12H15NO4S/c1-8(2)9(3)12(14)13-10-4-6-11(7-5-10)18(15,16)17/h4-7,13-14H,1H2,2-3H3,(H,15,16,17)/b12-9+. The number of allylic oxidation sites excluding steroid dienone is 2. The van der Waals surface area contributed by atoms with Crippen LogP contribution in [-0.4, -0.2) is 18.1 Å². The molecule has 18 heavy (non-hydrogen) atoms. The number of rotatable bonds is 4. The van der Waals surface area contributed by atoms with Crippen LogP contribution in [0.3, 0.4) is 0 Å². The summed E-state index contributed by atoms with van der Waals surface area (Å²) in [6, 6.07) is 5.35. The SMILES string of the molecule is C=C(C)/C(C)=C(/O)Nc1ccc(S(=O)(=O)O)cc1. The van der Waals surface area contributed by atoms with E-state index in [1.165, 1.54) is 24.3 Å². The van der Waals surface area contributed by atoms with Crippen LogP contribution in [0.1, 0.15) is 13.8 Å². The minimum Gasteiger partial charge on any atom is -0.494 e. The van der Waals surface area contributed by atoms with Crippen LogP contribution in [0.25, 0.3) is 0 Å². The van der Waals surface area contributed by atoms with E-state index in [0.717, 1.165) is 5.57 Å². The minimum absolute atomic E-state index is 0.0536. The molecular formula is C12H15NO4S. The lowest BCUT2D eigenvalue weighted by Crippen LogP contribution is -2.03. The molecule has 0 unspecified atom stereocenters. The third-order valence-corrected chi connectivity index (χ3v) is 3.28. The van der Waals surface area contributed by atoms with Gasteiger partial charge in [0.2, 0.25) is 0 Å². The third-order valence-electron chi connectivity index (χ3n) is 2.41. The summed E-state index contributed by atoms with van der Waals surface area (Å²) in [6.45, 7) is 7.16. The van der Waals surface area contributed by atoms with Gasteiger partial charge in [-0.05, 0) is 38.1 Å². The maximum Gasteiger partial charge on any atom is 0.294 e. The van der Waals surface area contributed by atoms with Crippen LogP contribution in [0.4, 0.5) is 5.69 Å². The second-order valence-corrected chi connectivity index (χ2v) is 5.30. The molecule has 1 aromatic carbocycles. The molecule has 0 amide bonds. The van der Waals surface area contributed by atoms with Crippen molar-refractivity contribution in [2.75, 3.05) is 5.32 Å². The van der Waals surface area contributed by atoms with Gasteiger partial charge >= 0.3 is 0 Å². The lowest BCUT2D eigenvalue weighted by atomic mass is 10.1. The molecule has 0 aromatic heterocycles. The summed E-state index contributed by atoms with van der Waals surface area (Å²) in [5.74, 6) is -0.0536. The van der Waals surface area contributed by atoms with E-state index in [0.29, 0.717) is 11.3 Å². The first-order valence-corrected chi connectivity index (χ1v) is 6.56. The van der Waals surface area contributed by atoms with Gasteiger partial charge in [0, 0.05) is 11.3 Å². The molecule has 0 aliphatic carbocycles. The zero-order valence-electron chi connectivity index (χ0n) is 10.1. The lowest BCUT2D eigenvalue weighted by molar-refractivity contribution is 0.413. The fourth-order valence-electron chi connectivity index (χ4n) is 1.14. The van der Waals surface area contributed by atoms with E-state index in [2.05, 4.69) is 11.9 Å². The molecule has 0 bridgehead atoms. The molecular weight excluding hydrogens is 254 g/mol. The van der Waals surface area contributed by atoms with E-state index in [4.69, 9.17) is 4.55 Å². The Bertz CT molecular complexity index is 585. The van der Waals surface area contributed by atoms with Crippen molar-refractivity contribution in [1.29, 1.82) is 0 Å². The van der Waals surface area contributed by atoms with Crippen LogP contribution in [0.15, 0.2) is 52.8 Å². The topological polar surface area (TPSA) is 86.6 Å². The van der Waals surface area contributed by atoms with Crippen molar-refractivity contribution in [2.24, 2.45) is 0 Å². The molecule has 0 aliphatic rings. The molecule has 0 atom stereocenters. The number of aliphatic hydroxyl groups is 1. The van der Waals surface area contributed by atoms with E-state index < -0.39 is 10.1 Å². The second-order valence-electron chi connectivity index (χ2n) is 3.88. The number of hydrogen-bond donors (Lipinski definition) is 3. The van der Waals surface area contributed by atoms with E-state index in [1.807, 2.05) is 0 Å². The van der Waals surface area contributed by atoms with Crippen molar-refractivity contribution in [2.45, 2.75) is 18.7 Å². The van der Waals surface area contributed by atoms with Gasteiger partial charge in [0.1, 0.15) is 0 Å². The van der Waals surface area contributed by atoms with Gasteiger partial charge in [-0.2, -0.15) is 8.42 Å². The van der Waals surface area contributed by atoms with Crippen LogP contribution in [0, 0.1) is 0 Å².